The molecule has 1 saturated heterocycles. The smallest absolute Gasteiger partial charge is 0.230 e. The van der Waals surface area contributed by atoms with Gasteiger partial charge in [-0.3, -0.25) is 14.6 Å². The number of para-hydroxylation sites is 2. The Hall–Kier alpha value is -2.61. The summed E-state index contributed by atoms with van der Waals surface area (Å²) in [7, 11) is 0. The Morgan fingerprint density at radius 2 is 1.91 bits per heavy atom. The third kappa shape index (κ3) is 4.58. The Morgan fingerprint density at radius 3 is 2.67 bits per heavy atom. The van der Waals surface area contributed by atoms with Crippen LogP contribution in [0.4, 0.5) is 10.8 Å². The van der Waals surface area contributed by atoms with Crippen molar-refractivity contribution >= 4 is 49.6 Å². The van der Waals surface area contributed by atoms with E-state index in [2.05, 4.69) is 34.5 Å². The minimum absolute atomic E-state index is 0.0119. The number of fused-ring (bicyclic) bond motifs is 1. The molecule has 4 aromatic rings. The quantitative estimate of drug-likeness (QED) is 0.333. The first-order chi connectivity index (χ1) is 16.0. The monoisotopic (exact) mass is 476 g/mol. The highest BCUT2D eigenvalue weighted by Gasteiger charge is 2.26. The van der Waals surface area contributed by atoms with Crippen LogP contribution in [0.5, 0.6) is 0 Å². The Labute approximate surface area is 202 Å². The summed E-state index contributed by atoms with van der Waals surface area (Å²) in [5.41, 5.74) is 5.24. The predicted molar refractivity (Wildman–Crippen MR) is 138 cm³/mol. The largest absolute Gasteiger partial charge is 0.297 e. The first kappa shape index (κ1) is 22.2. The number of aromatic nitrogens is 2. The van der Waals surface area contributed by atoms with Gasteiger partial charge in [0.2, 0.25) is 5.91 Å². The van der Waals surface area contributed by atoms with Gasteiger partial charge >= 0.3 is 0 Å². The van der Waals surface area contributed by atoms with E-state index in [0.29, 0.717) is 5.92 Å². The Bertz CT molecular complexity index is 1240. The van der Waals surface area contributed by atoms with Crippen molar-refractivity contribution < 1.29 is 4.79 Å². The maximum Gasteiger partial charge on any atom is 0.230 e. The molecule has 0 bridgehead atoms. The number of carbonyl (C=O) groups is 1. The highest BCUT2D eigenvalue weighted by molar-refractivity contribution is 7.18. The second-order valence-electron chi connectivity index (χ2n) is 8.81. The number of likely N-dealkylation sites (tertiary alicyclic amines) is 1. The molecule has 0 N–H and O–H groups in total. The average Bonchev–Trinajstić information content (AvgIpc) is 3.43. The summed E-state index contributed by atoms with van der Waals surface area (Å²) in [4.78, 5) is 26.6. The number of hydrogen-bond donors (Lipinski definition) is 0. The van der Waals surface area contributed by atoms with Crippen molar-refractivity contribution in [1.82, 2.24) is 14.9 Å². The van der Waals surface area contributed by atoms with E-state index in [0.717, 1.165) is 52.8 Å². The number of aryl methyl sites for hydroxylation is 2. The molecule has 7 heteroatoms. The van der Waals surface area contributed by atoms with E-state index >= 15 is 0 Å². The van der Waals surface area contributed by atoms with Crippen molar-refractivity contribution in [2.75, 3.05) is 18.0 Å². The molecular weight excluding hydrogens is 448 g/mol. The molecule has 0 saturated carbocycles. The van der Waals surface area contributed by atoms with E-state index < -0.39 is 0 Å². The van der Waals surface area contributed by atoms with Gasteiger partial charge in [0.15, 0.2) is 5.13 Å². The third-order valence-corrected chi connectivity index (χ3v) is 8.33. The molecular formula is C26H28N4OS2. The molecule has 1 atom stereocenters. The van der Waals surface area contributed by atoms with Crippen molar-refractivity contribution in [3.63, 3.8) is 0 Å². The third-order valence-electron chi connectivity index (χ3n) is 6.26. The van der Waals surface area contributed by atoms with Crippen molar-refractivity contribution in [3.8, 4) is 0 Å². The SMILES string of the molecule is CC(=O)N(c1nc(CN2CCC[C@@H](c3nc4ccccc4s3)C2)cs1)c1c(C)cccc1C. The molecule has 0 unspecified atom stereocenters. The van der Waals surface area contributed by atoms with E-state index in [1.54, 1.807) is 23.2 Å². The van der Waals surface area contributed by atoms with Gasteiger partial charge in [-0.25, -0.2) is 9.97 Å². The average molecular weight is 477 g/mol. The van der Waals surface area contributed by atoms with Crippen LogP contribution in [0.15, 0.2) is 47.8 Å². The summed E-state index contributed by atoms with van der Waals surface area (Å²) in [6.07, 6.45) is 2.35. The summed E-state index contributed by atoms with van der Waals surface area (Å²) in [6.45, 7) is 8.57. The molecule has 33 heavy (non-hydrogen) atoms. The molecule has 1 amide bonds. The van der Waals surface area contributed by atoms with Crippen LogP contribution in [-0.2, 0) is 11.3 Å². The number of carbonyl (C=O) groups excluding carboxylic acids is 1. The molecule has 0 aliphatic carbocycles. The zero-order valence-electron chi connectivity index (χ0n) is 19.2. The van der Waals surface area contributed by atoms with Gasteiger partial charge in [-0.15, -0.1) is 22.7 Å². The van der Waals surface area contributed by atoms with Crippen LogP contribution < -0.4 is 4.90 Å². The molecule has 1 aliphatic rings. The van der Waals surface area contributed by atoms with Crippen molar-refractivity contribution in [1.29, 1.82) is 0 Å². The maximum absolute atomic E-state index is 12.6. The fourth-order valence-electron chi connectivity index (χ4n) is 4.71. The minimum Gasteiger partial charge on any atom is -0.297 e. The highest BCUT2D eigenvalue weighted by atomic mass is 32.1. The second-order valence-corrected chi connectivity index (χ2v) is 10.7. The fourth-order valence-corrected chi connectivity index (χ4v) is 6.67. The molecule has 1 fully saturated rings. The van der Waals surface area contributed by atoms with E-state index in [4.69, 9.17) is 9.97 Å². The van der Waals surface area contributed by atoms with Gasteiger partial charge in [0.1, 0.15) is 0 Å². The van der Waals surface area contributed by atoms with Gasteiger partial charge in [0.25, 0.3) is 0 Å². The molecule has 0 spiro atoms. The summed E-state index contributed by atoms with van der Waals surface area (Å²) in [6, 6.07) is 14.5. The van der Waals surface area contributed by atoms with Gasteiger partial charge in [-0.05, 0) is 56.5 Å². The zero-order chi connectivity index (χ0) is 22.9. The van der Waals surface area contributed by atoms with Gasteiger partial charge < -0.3 is 0 Å². The van der Waals surface area contributed by atoms with E-state index in [1.165, 1.54) is 22.5 Å². The number of amides is 1. The topological polar surface area (TPSA) is 49.3 Å². The van der Waals surface area contributed by atoms with Crippen LogP contribution in [0.3, 0.4) is 0 Å². The van der Waals surface area contributed by atoms with E-state index in [1.807, 2.05) is 43.4 Å². The first-order valence-electron chi connectivity index (χ1n) is 11.4. The Balaban J connectivity index is 1.33. The lowest BCUT2D eigenvalue weighted by Gasteiger charge is -2.31. The predicted octanol–water partition coefficient (Wildman–Crippen LogP) is 6.43. The highest BCUT2D eigenvalue weighted by Crippen LogP contribution is 2.36. The number of thiazole rings is 2. The Morgan fingerprint density at radius 1 is 1.12 bits per heavy atom. The lowest BCUT2D eigenvalue weighted by Crippen LogP contribution is -2.34. The number of rotatable bonds is 5. The van der Waals surface area contributed by atoms with Crippen LogP contribution in [0.2, 0.25) is 0 Å². The van der Waals surface area contributed by atoms with Crippen molar-refractivity contribution in [3.05, 3.63) is 69.7 Å². The molecule has 2 aromatic carbocycles. The Kier molecular flexibility index (Phi) is 6.27. The molecule has 5 rings (SSSR count). The van der Waals surface area contributed by atoms with Crippen LogP contribution in [0.25, 0.3) is 10.2 Å². The number of piperidine rings is 1. The lowest BCUT2D eigenvalue weighted by atomic mass is 9.98. The standard InChI is InChI=1S/C26H28N4OS2/c1-17-8-6-9-18(2)24(17)30(19(3)31)26-27-21(16-32-26)15-29-13-7-10-20(14-29)25-28-22-11-4-5-12-23(22)33-25/h4-6,8-9,11-12,16,20H,7,10,13-15H2,1-3H3/t20-/m1/s1. The normalized spacial score (nSPS) is 16.9. The van der Waals surface area contributed by atoms with Gasteiger partial charge in [-0.1, -0.05) is 30.3 Å². The molecule has 0 radical (unpaired) electrons. The number of anilines is 2. The first-order valence-corrected chi connectivity index (χ1v) is 13.1. The van der Waals surface area contributed by atoms with Crippen LogP contribution >= 0.6 is 22.7 Å². The van der Waals surface area contributed by atoms with E-state index in [-0.39, 0.29) is 5.91 Å². The van der Waals surface area contributed by atoms with Crippen molar-refractivity contribution in [2.24, 2.45) is 0 Å². The van der Waals surface area contributed by atoms with Gasteiger partial charge in [-0.2, -0.15) is 0 Å². The second kappa shape index (κ2) is 9.33. The number of benzene rings is 2. The molecule has 170 valence electrons. The zero-order valence-corrected chi connectivity index (χ0v) is 20.9. The molecule has 2 aromatic heterocycles. The number of nitrogens with zero attached hydrogens (tertiary/aromatic N) is 4. The lowest BCUT2D eigenvalue weighted by molar-refractivity contribution is -0.115. The van der Waals surface area contributed by atoms with Crippen molar-refractivity contribution in [2.45, 2.75) is 46.1 Å². The molecule has 5 nitrogen and oxygen atoms in total. The minimum atomic E-state index is -0.0119. The van der Waals surface area contributed by atoms with Gasteiger partial charge in [0.05, 0.1) is 26.6 Å². The molecule has 3 heterocycles. The van der Waals surface area contributed by atoms with Crippen LogP contribution in [-0.4, -0.2) is 33.9 Å². The summed E-state index contributed by atoms with van der Waals surface area (Å²) in [5.74, 6) is 0.458. The number of hydrogen-bond acceptors (Lipinski definition) is 6. The summed E-state index contributed by atoms with van der Waals surface area (Å²) in [5, 5.41) is 4.09. The summed E-state index contributed by atoms with van der Waals surface area (Å²) >= 11 is 3.37. The summed E-state index contributed by atoms with van der Waals surface area (Å²) < 4.78 is 1.27. The van der Waals surface area contributed by atoms with Gasteiger partial charge in [0, 0.05) is 31.3 Å². The fraction of sp³-hybridized carbons (Fsp3) is 0.346. The maximum atomic E-state index is 12.6. The van der Waals surface area contributed by atoms with Crippen LogP contribution in [0.1, 0.15) is 47.5 Å². The van der Waals surface area contributed by atoms with Crippen LogP contribution in [0, 0.1) is 13.8 Å². The van der Waals surface area contributed by atoms with E-state index in [9.17, 15) is 4.79 Å². The molecule has 1 aliphatic heterocycles.